The SMILES string of the molecule is COc1ccccc1-c1ccc2c([C@@H]3CN(Cc4cnn(C)c4)CCN3C)nnn2c1. The Morgan fingerprint density at radius 1 is 1.06 bits per heavy atom. The van der Waals surface area contributed by atoms with Crippen LogP contribution in [0, 0.1) is 0 Å². The number of para-hydroxylation sites is 1. The second kappa shape index (κ2) is 8.13. The van der Waals surface area contributed by atoms with Crippen molar-refractivity contribution in [2.75, 3.05) is 33.8 Å². The number of fused-ring (bicyclic) bond motifs is 1. The summed E-state index contributed by atoms with van der Waals surface area (Å²) in [5, 5.41) is 13.3. The number of rotatable bonds is 5. The zero-order chi connectivity index (χ0) is 21.4. The lowest BCUT2D eigenvalue weighted by Gasteiger charge is -2.38. The molecule has 0 amide bonds. The second-order valence-electron chi connectivity index (χ2n) is 8.18. The van der Waals surface area contributed by atoms with E-state index in [9.17, 15) is 0 Å². The number of ether oxygens (including phenoxy) is 1. The van der Waals surface area contributed by atoms with Crippen molar-refractivity contribution in [2.45, 2.75) is 12.6 Å². The molecule has 8 nitrogen and oxygen atoms in total. The molecule has 0 unspecified atom stereocenters. The van der Waals surface area contributed by atoms with Crippen LogP contribution < -0.4 is 4.74 Å². The van der Waals surface area contributed by atoms with Crippen molar-refractivity contribution in [3.63, 3.8) is 0 Å². The quantitative estimate of drug-likeness (QED) is 0.497. The number of piperazine rings is 1. The number of hydrogen-bond acceptors (Lipinski definition) is 6. The normalized spacial score (nSPS) is 18.0. The van der Waals surface area contributed by atoms with Gasteiger partial charge in [-0.3, -0.25) is 14.5 Å². The van der Waals surface area contributed by atoms with Crippen molar-refractivity contribution in [1.29, 1.82) is 0 Å². The van der Waals surface area contributed by atoms with Gasteiger partial charge in [0, 0.05) is 62.3 Å². The molecule has 0 saturated carbocycles. The van der Waals surface area contributed by atoms with E-state index in [4.69, 9.17) is 4.74 Å². The number of nitrogens with zero attached hydrogens (tertiary/aromatic N) is 7. The summed E-state index contributed by atoms with van der Waals surface area (Å²) in [6.45, 7) is 3.83. The Hall–Kier alpha value is -3.23. The first kappa shape index (κ1) is 19.7. The van der Waals surface area contributed by atoms with Gasteiger partial charge in [-0.05, 0) is 19.2 Å². The molecule has 5 rings (SSSR count). The molecule has 0 radical (unpaired) electrons. The molecule has 1 aliphatic rings. The molecule has 0 bridgehead atoms. The van der Waals surface area contributed by atoms with Crippen molar-refractivity contribution < 1.29 is 4.74 Å². The van der Waals surface area contributed by atoms with Gasteiger partial charge in [-0.25, -0.2) is 4.52 Å². The lowest BCUT2D eigenvalue weighted by atomic mass is 10.0. The van der Waals surface area contributed by atoms with Crippen molar-refractivity contribution in [1.82, 2.24) is 34.4 Å². The van der Waals surface area contributed by atoms with Crippen LogP contribution in [-0.2, 0) is 13.6 Å². The summed E-state index contributed by atoms with van der Waals surface area (Å²) >= 11 is 0. The number of aryl methyl sites for hydroxylation is 1. The zero-order valence-electron chi connectivity index (χ0n) is 18.1. The molecule has 1 saturated heterocycles. The van der Waals surface area contributed by atoms with Crippen LogP contribution in [0.1, 0.15) is 17.3 Å². The van der Waals surface area contributed by atoms with Gasteiger partial charge in [0.15, 0.2) is 0 Å². The van der Waals surface area contributed by atoms with Crippen LogP contribution >= 0.6 is 0 Å². The number of likely N-dealkylation sites (N-methyl/N-ethyl adjacent to an activating group) is 1. The third kappa shape index (κ3) is 3.80. The van der Waals surface area contributed by atoms with Crippen LogP contribution in [-0.4, -0.2) is 68.2 Å². The van der Waals surface area contributed by atoms with Crippen molar-refractivity contribution in [3.05, 3.63) is 66.2 Å². The summed E-state index contributed by atoms with van der Waals surface area (Å²) in [5.41, 5.74) is 5.39. The lowest BCUT2D eigenvalue weighted by Crippen LogP contribution is -2.46. The van der Waals surface area contributed by atoms with Crippen LogP contribution in [0.4, 0.5) is 0 Å². The highest BCUT2D eigenvalue weighted by Gasteiger charge is 2.29. The van der Waals surface area contributed by atoms with Crippen LogP contribution in [0.15, 0.2) is 55.0 Å². The molecule has 8 heteroatoms. The van der Waals surface area contributed by atoms with Gasteiger partial charge >= 0.3 is 0 Å². The fourth-order valence-corrected chi connectivity index (χ4v) is 4.37. The van der Waals surface area contributed by atoms with Gasteiger partial charge in [0.05, 0.1) is 24.9 Å². The number of benzene rings is 1. The molecule has 0 aliphatic carbocycles. The first-order valence-electron chi connectivity index (χ1n) is 10.5. The van der Waals surface area contributed by atoms with E-state index in [1.54, 1.807) is 7.11 Å². The Labute approximate surface area is 181 Å². The molecule has 0 N–H and O–H groups in total. The standard InChI is InChI=1S/C23H27N7O/c1-27-10-11-29(14-17-12-24-28(2)13-17)16-21(27)23-20-9-8-18(15-30(20)26-25-23)19-6-4-5-7-22(19)31-3/h4-9,12-13,15,21H,10-11,14,16H2,1-3H3/t21-/m0/s1. The minimum atomic E-state index is 0.194. The van der Waals surface area contributed by atoms with Crippen molar-refractivity contribution in [2.24, 2.45) is 7.05 Å². The van der Waals surface area contributed by atoms with Crippen LogP contribution in [0.5, 0.6) is 5.75 Å². The number of aromatic nitrogens is 5. The van der Waals surface area contributed by atoms with E-state index in [1.165, 1.54) is 5.56 Å². The molecular formula is C23H27N7O. The number of pyridine rings is 1. The van der Waals surface area contributed by atoms with E-state index in [0.29, 0.717) is 0 Å². The predicted octanol–water partition coefficient (Wildman–Crippen LogP) is 2.63. The topological polar surface area (TPSA) is 63.7 Å². The minimum absolute atomic E-state index is 0.194. The summed E-state index contributed by atoms with van der Waals surface area (Å²) in [5.74, 6) is 0.847. The molecule has 1 aliphatic heterocycles. The fourth-order valence-electron chi connectivity index (χ4n) is 4.37. The molecule has 1 aromatic carbocycles. The molecular weight excluding hydrogens is 390 g/mol. The molecule has 0 spiro atoms. The van der Waals surface area contributed by atoms with Crippen LogP contribution in [0.3, 0.4) is 0 Å². The van der Waals surface area contributed by atoms with Gasteiger partial charge in [0.2, 0.25) is 0 Å². The molecule has 3 aromatic heterocycles. The van der Waals surface area contributed by atoms with Crippen LogP contribution in [0.25, 0.3) is 16.6 Å². The van der Waals surface area contributed by atoms with Gasteiger partial charge in [-0.1, -0.05) is 29.5 Å². The van der Waals surface area contributed by atoms with E-state index in [0.717, 1.165) is 54.3 Å². The molecule has 1 atom stereocenters. The van der Waals surface area contributed by atoms with Gasteiger partial charge in [0.25, 0.3) is 0 Å². The average Bonchev–Trinajstić information content (AvgIpc) is 3.40. The Balaban J connectivity index is 1.42. The Kier molecular flexibility index (Phi) is 5.17. The highest BCUT2D eigenvalue weighted by Crippen LogP contribution is 2.31. The monoisotopic (exact) mass is 417 g/mol. The summed E-state index contributed by atoms with van der Waals surface area (Å²) in [6, 6.07) is 12.5. The summed E-state index contributed by atoms with van der Waals surface area (Å²) < 4.78 is 9.26. The Morgan fingerprint density at radius 2 is 1.94 bits per heavy atom. The van der Waals surface area contributed by atoms with Crippen LogP contribution in [0.2, 0.25) is 0 Å². The van der Waals surface area contributed by atoms with E-state index in [2.05, 4.69) is 56.7 Å². The average molecular weight is 418 g/mol. The smallest absolute Gasteiger partial charge is 0.126 e. The number of hydrogen-bond donors (Lipinski definition) is 0. The van der Waals surface area contributed by atoms with E-state index in [-0.39, 0.29) is 6.04 Å². The first-order valence-corrected chi connectivity index (χ1v) is 10.5. The van der Waals surface area contributed by atoms with Crippen molar-refractivity contribution in [3.8, 4) is 16.9 Å². The number of methoxy groups -OCH3 is 1. The second-order valence-corrected chi connectivity index (χ2v) is 8.18. The Morgan fingerprint density at radius 3 is 2.74 bits per heavy atom. The third-order valence-electron chi connectivity index (χ3n) is 6.07. The molecule has 160 valence electrons. The minimum Gasteiger partial charge on any atom is -0.496 e. The highest BCUT2D eigenvalue weighted by molar-refractivity contribution is 5.71. The van der Waals surface area contributed by atoms with E-state index in [1.807, 2.05) is 46.8 Å². The fraction of sp³-hybridized carbons (Fsp3) is 0.348. The molecule has 31 heavy (non-hydrogen) atoms. The summed E-state index contributed by atoms with van der Waals surface area (Å²) in [4.78, 5) is 4.84. The van der Waals surface area contributed by atoms with E-state index < -0.39 is 0 Å². The first-order chi connectivity index (χ1) is 15.1. The lowest BCUT2D eigenvalue weighted by molar-refractivity contribution is 0.0889. The molecule has 1 fully saturated rings. The highest BCUT2D eigenvalue weighted by atomic mass is 16.5. The Bertz CT molecular complexity index is 1200. The maximum absolute atomic E-state index is 5.52. The molecule has 4 heterocycles. The third-order valence-corrected chi connectivity index (χ3v) is 6.07. The van der Waals surface area contributed by atoms with Gasteiger partial charge in [-0.2, -0.15) is 5.10 Å². The van der Waals surface area contributed by atoms with E-state index >= 15 is 0 Å². The van der Waals surface area contributed by atoms with Gasteiger partial charge < -0.3 is 4.74 Å². The maximum atomic E-state index is 5.52. The molecule has 4 aromatic rings. The van der Waals surface area contributed by atoms with Crippen molar-refractivity contribution >= 4 is 5.52 Å². The maximum Gasteiger partial charge on any atom is 0.126 e. The summed E-state index contributed by atoms with van der Waals surface area (Å²) in [6.07, 6.45) is 6.06. The summed E-state index contributed by atoms with van der Waals surface area (Å²) in [7, 11) is 5.82. The van der Waals surface area contributed by atoms with Gasteiger partial charge in [0.1, 0.15) is 11.4 Å². The predicted molar refractivity (Wildman–Crippen MR) is 119 cm³/mol. The van der Waals surface area contributed by atoms with Gasteiger partial charge in [-0.15, -0.1) is 5.10 Å². The zero-order valence-corrected chi connectivity index (χ0v) is 18.1. The largest absolute Gasteiger partial charge is 0.496 e.